The number of nitrogens with zero attached hydrogens (tertiary/aromatic N) is 4. The van der Waals surface area contributed by atoms with Gasteiger partial charge in [-0.05, 0) is 41.2 Å². The van der Waals surface area contributed by atoms with Gasteiger partial charge in [-0.1, -0.05) is 18.2 Å². The number of aryl methyl sites for hydroxylation is 2. The van der Waals surface area contributed by atoms with Crippen molar-refractivity contribution < 1.29 is 4.57 Å². The molecule has 3 heterocycles. The number of rotatable bonds is 1. The Balaban J connectivity index is 1.89. The summed E-state index contributed by atoms with van der Waals surface area (Å²) in [6.07, 6.45) is 6.70. The molecule has 4 nitrogen and oxygen atoms in total. The van der Waals surface area contributed by atoms with Crippen molar-refractivity contribution in [2.45, 2.75) is 13.3 Å². The Morgan fingerprint density at radius 3 is 2.88 bits per heavy atom. The van der Waals surface area contributed by atoms with Crippen molar-refractivity contribution in [1.82, 2.24) is 14.5 Å². The van der Waals surface area contributed by atoms with Crippen LogP contribution in [0.3, 0.4) is 0 Å². The molecular formula is C20H17N4+. The zero-order valence-electron chi connectivity index (χ0n) is 13.7. The third-order valence-electron chi connectivity index (χ3n) is 4.93. The number of para-hydroxylation sites is 1. The van der Waals surface area contributed by atoms with Gasteiger partial charge in [0.1, 0.15) is 11.5 Å². The molecule has 4 aromatic rings. The molecule has 0 atom stereocenters. The second-order valence-corrected chi connectivity index (χ2v) is 6.37. The Bertz CT molecular complexity index is 1110. The Morgan fingerprint density at radius 2 is 1.96 bits per heavy atom. The van der Waals surface area contributed by atoms with E-state index >= 15 is 0 Å². The molecule has 2 aromatic heterocycles. The van der Waals surface area contributed by atoms with Crippen molar-refractivity contribution in [3.05, 3.63) is 72.1 Å². The normalized spacial score (nSPS) is 12.4. The van der Waals surface area contributed by atoms with Crippen molar-refractivity contribution in [3.8, 4) is 16.9 Å². The van der Waals surface area contributed by atoms with Gasteiger partial charge >= 0.3 is 0 Å². The Labute approximate surface area is 140 Å². The van der Waals surface area contributed by atoms with Crippen molar-refractivity contribution in [2.24, 2.45) is 7.05 Å². The number of aromatic nitrogens is 4. The first kappa shape index (κ1) is 13.4. The number of benzene rings is 2. The fourth-order valence-corrected chi connectivity index (χ4v) is 3.82. The minimum absolute atomic E-state index is 0.871. The van der Waals surface area contributed by atoms with Gasteiger partial charge in [-0.15, -0.1) is 0 Å². The fraction of sp³-hybridized carbons (Fsp3) is 0.150. The highest BCUT2D eigenvalue weighted by atomic mass is 15.1. The maximum atomic E-state index is 4.57. The highest BCUT2D eigenvalue weighted by Crippen LogP contribution is 2.38. The van der Waals surface area contributed by atoms with Crippen molar-refractivity contribution in [1.29, 1.82) is 0 Å². The third-order valence-corrected chi connectivity index (χ3v) is 4.93. The summed E-state index contributed by atoms with van der Waals surface area (Å²) in [6.45, 7) is 2.19. The summed E-state index contributed by atoms with van der Waals surface area (Å²) in [7, 11) is 2.07. The van der Waals surface area contributed by atoms with Gasteiger partial charge in [0.15, 0.2) is 5.52 Å². The zero-order valence-corrected chi connectivity index (χ0v) is 13.7. The first-order valence-electron chi connectivity index (χ1n) is 8.13. The lowest BCUT2D eigenvalue weighted by molar-refractivity contribution is -0.662. The molecule has 0 fully saturated rings. The van der Waals surface area contributed by atoms with Crippen LogP contribution in [0, 0.1) is 6.92 Å². The lowest BCUT2D eigenvalue weighted by Gasteiger charge is -2.13. The summed E-state index contributed by atoms with van der Waals surface area (Å²) in [5, 5.41) is 1.18. The maximum absolute atomic E-state index is 4.57. The van der Waals surface area contributed by atoms with E-state index in [1.54, 1.807) is 0 Å². The van der Waals surface area contributed by atoms with Crippen LogP contribution in [-0.2, 0) is 13.5 Å². The Kier molecular flexibility index (Phi) is 2.65. The predicted molar refractivity (Wildman–Crippen MR) is 93.0 cm³/mol. The molecule has 0 aliphatic carbocycles. The van der Waals surface area contributed by atoms with Crippen LogP contribution >= 0.6 is 0 Å². The standard InChI is InChI=1S/C20H17N4/c1-13-7-8-17-15(11-18-21-9-10-24(17)18)19(13)20-14-5-3-4-6-16(14)22-12-23(20)2/h3-10,12H,11H2,1-2H3/q+1. The van der Waals surface area contributed by atoms with E-state index in [1.807, 2.05) is 24.8 Å². The summed E-state index contributed by atoms with van der Waals surface area (Å²) in [5.74, 6) is 1.11. The minimum atomic E-state index is 0.871. The van der Waals surface area contributed by atoms with Gasteiger partial charge in [0, 0.05) is 24.4 Å². The van der Waals surface area contributed by atoms with Crippen LogP contribution in [0.15, 0.2) is 55.1 Å². The lowest BCUT2D eigenvalue weighted by Crippen LogP contribution is -2.32. The average Bonchev–Trinajstić information content (AvgIpc) is 3.17. The molecule has 4 heteroatoms. The van der Waals surface area contributed by atoms with Gasteiger partial charge in [-0.3, -0.25) is 0 Å². The number of hydrogen-bond acceptors (Lipinski definition) is 2. The van der Waals surface area contributed by atoms with Crippen molar-refractivity contribution in [2.75, 3.05) is 0 Å². The summed E-state index contributed by atoms with van der Waals surface area (Å²) < 4.78 is 4.33. The quantitative estimate of drug-likeness (QED) is 0.446. The van der Waals surface area contributed by atoms with Crippen molar-refractivity contribution in [3.63, 3.8) is 0 Å². The van der Waals surface area contributed by atoms with Crippen LogP contribution in [0.25, 0.3) is 27.8 Å². The molecule has 2 aromatic carbocycles. The summed E-state index contributed by atoms with van der Waals surface area (Å²) in [4.78, 5) is 9.07. The molecule has 0 bridgehead atoms. The monoisotopic (exact) mass is 313 g/mol. The highest BCUT2D eigenvalue weighted by Gasteiger charge is 2.27. The second kappa shape index (κ2) is 4.74. The van der Waals surface area contributed by atoms with Crippen LogP contribution in [0.5, 0.6) is 0 Å². The SMILES string of the molecule is Cc1ccc2c(c1-c1c3ccccc3nc[n+]1C)Cc1nccn1-2. The van der Waals surface area contributed by atoms with E-state index in [2.05, 4.69) is 63.4 Å². The molecule has 0 radical (unpaired) electrons. The highest BCUT2D eigenvalue weighted by molar-refractivity contribution is 5.93. The molecule has 0 saturated heterocycles. The van der Waals surface area contributed by atoms with Gasteiger partial charge in [0.25, 0.3) is 6.33 Å². The molecular weight excluding hydrogens is 296 g/mol. The van der Waals surface area contributed by atoms with Crippen LogP contribution in [0.2, 0.25) is 0 Å². The molecule has 0 unspecified atom stereocenters. The second-order valence-electron chi connectivity index (χ2n) is 6.37. The lowest BCUT2D eigenvalue weighted by atomic mass is 9.94. The fourth-order valence-electron chi connectivity index (χ4n) is 3.82. The van der Waals surface area contributed by atoms with Gasteiger partial charge in [0.2, 0.25) is 0 Å². The maximum Gasteiger partial charge on any atom is 0.287 e. The summed E-state index contributed by atoms with van der Waals surface area (Å²) in [6, 6.07) is 12.8. The van der Waals surface area contributed by atoms with Crippen LogP contribution in [-0.4, -0.2) is 14.5 Å². The first-order chi connectivity index (χ1) is 11.7. The predicted octanol–water partition coefficient (Wildman–Crippen LogP) is 3.12. The number of imidazole rings is 1. The summed E-state index contributed by atoms with van der Waals surface area (Å²) in [5.41, 5.74) is 7.43. The van der Waals surface area contributed by atoms with E-state index in [1.165, 1.54) is 33.5 Å². The van der Waals surface area contributed by atoms with E-state index in [4.69, 9.17) is 0 Å². The number of fused-ring (bicyclic) bond motifs is 4. The first-order valence-corrected chi connectivity index (χ1v) is 8.13. The average molecular weight is 313 g/mol. The van der Waals surface area contributed by atoms with E-state index in [9.17, 15) is 0 Å². The van der Waals surface area contributed by atoms with Gasteiger partial charge < -0.3 is 4.57 Å². The molecule has 5 rings (SSSR count). The van der Waals surface area contributed by atoms with Crippen LogP contribution in [0.1, 0.15) is 17.0 Å². The molecule has 1 aliphatic heterocycles. The topological polar surface area (TPSA) is 34.6 Å². The Morgan fingerprint density at radius 1 is 1.08 bits per heavy atom. The summed E-state index contributed by atoms with van der Waals surface area (Å²) >= 11 is 0. The largest absolute Gasteiger partial charge is 0.303 e. The van der Waals surface area contributed by atoms with Crippen LogP contribution in [0.4, 0.5) is 0 Å². The molecule has 0 amide bonds. The van der Waals surface area contributed by atoms with Crippen LogP contribution < -0.4 is 4.57 Å². The third kappa shape index (κ3) is 1.71. The molecule has 0 spiro atoms. The molecule has 24 heavy (non-hydrogen) atoms. The smallest absolute Gasteiger partial charge is 0.287 e. The molecule has 1 aliphatic rings. The van der Waals surface area contributed by atoms with E-state index < -0.39 is 0 Å². The molecule has 116 valence electrons. The van der Waals surface area contributed by atoms with E-state index in [-0.39, 0.29) is 0 Å². The molecule has 0 saturated carbocycles. The zero-order chi connectivity index (χ0) is 16.3. The van der Waals surface area contributed by atoms with Gasteiger partial charge in [0.05, 0.1) is 18.1 Å². The van der Waals surface area contributed by atoms with Crippen molar-refractivity contribution >= 4 is 10.9 Å². The Hall–Kier alpha value is -3.01. The minimum Gasteiger partial charge on any atom is -0.303 e. The van der Waals surface area contributed by atoms with E-state index in [0.717, 1.165) is 17.8 Å². The van der Waals surface area contributed by atoms with E-state index in [0.29, 0.717) is 0 Å². The van der Waals surface area contributed by atoms with Gasteiger partial charge in [-0.25, -0.2) is 9.55 Å². The number of hydrogen-bond donors (Lipinski definition) is 0. The molecule has 0 N–H and O–H groups in total. The van der Waals surface area contributed by atoms with Gasteiger partial charge in [-0.2, -0.15) is 0 Å².